The van der Waals surface area contributed by atoms with Gasteiger partial charge in [-0.2, -0.15) is 4.98 Å². The lowest BCUT2D eigenvalue weighted by Gasteiger charge is -1.96. The van der Waals surface area contributed by atoms with Gasteiger partial charge < -0.3 is 9.63 Å². The second-order valence-electron chi connectivity index (χ2n) is 3.39. The third-order valence-electron chi connectivity index (χ3n) is 2.14. The molecular formula is C11H9BrN2O3. The Morgan fingerprint density at radius 1 is 1.41 bits per heavy atom. The fraction of sp³-hybridized carbons (Fsp3) is 0.182. The van der Waals surface area contributed by atoms with Crippen molar-refractivity contribution in [1.29, 1.82) is 0 Å². The Hall–Kier alpha value is -1.69. The topological polar surface area (TPSA) is 76.2 Å². The zero-order valence-corrected chi connectivity index (χ0v) is 10.3. The molecule has 1 heterocycles. The predicted octanol–water partition coefficient (Wildman–Crippen LogP) is 2.52. The van der Waals surface area contributed by atoms with E-state index in [2.05, 4.69) is 26.1 Å². The number of hydrogen-bond acceptors (Lipinski definition) is 4. The van der Waals surface area contributed by atoms with Crippen LogP contribution in [0, 0.1) is 0 Å². The Labute approximate surface area is 106 Å². The third kappa shape index (κ3) is 2.91. The third-order valence-corrected chi connectivity index (χ3v) is 2.83. The number of aromatic nitrogens is 2. The van der Waals surface area contributed by atoms with E-state index < -0.39 is 5.97 Å². The Bertz CT molecular complexity index is 539. The number of halogens is 1. The molecule has 0 unspecified atom stereocenters. The summed E-state index contributed by atoms with van der Waals surface area (Å²) in [4.78, 5) is 14.5. The average molecular weight is 297 g/mol. The van der Waals surface area contributed by atoms with Crippen molar-refractivity contribution in [2.75, 3.05) is 0 Å². The summed E-state index contributed by atoms with van der Waals surface area (Å²) in [5.74, 6) is -0.0957. The number of benzene rings is 1. The van der Waals surface area contributed by atoms with Gasteiger partial charge in [-0.15, -0.1) is 0 Å². The van der Waals surface area contributed by atoms with E-state index in [9.17, 15) is 4.79 Å². The number of aliphatic carboxylic acids is 1. The average Bonchev–Trinajstić information content (AvgIpc) is 2.75. The first kappa shape index (κ1) is 11.8. The number of hydrogen-bond donors (Lipinski definition) is 1. The van der Waals surface area contributed by atoms with Gasteiger partial charge in [0.05, 0.1) is 6.42 Å². The minimum atomic E-state index is -0.884. The van der Waals surface area contributed by atoms with Crippen LogP contribution in [0.3, 0.4) is 0 Å². The van der Waals surface area contributed by atoms with Gasteiger partial charge >= 0.3 is 5.97 Å². The minimum absolute atomic E-state index is 0.0163. The van der Waals surface area contributed by atoms with Crippen molar-refractivity contribution in [3.05, 3.63) is 34.6 Å². The van der Waals surface area contributed by atoms with Crippen LogP contribution in [0.15, 0.2) is 33.3 Å². The van der Waals surface area contributed by atoms with Crippen LogP contribution < -0.4 is 0 Å². The molecule has 2 aromatic rings. The second kappa shape index (κ2) is 5.09. The first-order valence-corrected chi connectivity index (χ1v) is 5.75. The summed E-state index contributed by atoms with van der Waals surface area (Å²) in [5.41, 5.74) is 0.817. The summed E-state index contributed by atoms with van der Waals surface area (Å²) in [5, 5.41) is 12.4. The molecule has 0 aliphatic rings. The summed E-state index contributed by atoms with van der Waals surface area (Å²) in [6, 6.07) is 7.49. The SMILES string of the molecule is O=C(O)CCc1nc(-c2ccccc2Br)no1. The van der Waals surface area contributed by atoms with Crippen molar-refractivity contribution < 1.29 is 14.4 Å². The molecule has 0 atom stereocenters. The van der Waals surface area contributed by atoms with Crippen LogP contribution in [-0.2, 0) is 11.2 Å². The van der Waals surface area contributed by atoms with Gasteiger partial charge in [-0.05, 0) is 12.1 Å². The van der Waals surface area contributed by atoms with E-state index in [1.807, 2.05) is 24.3 Å². The van der Waals surface area contributed by atoms with E-state index in [0.717, 1.165) is 10.0 Å². The van der Waals surface area contributed by atoms with E-state index in [1.165, 1.54) is 0 Å². The highest BCUT2D eigenvalue weighted by molar-refractivity contribution is 9.10. The molecule has 1 aromatic heterocycles. The van der Waals surface area contributed by atoms with Crippen LogP contribution in [0.5, 0.6) is 0 Å². The Kier molecular flexibility index (Phi) is 3.53. The summed E-state index contributed by atoms with van der Waals surface area (Å²) in [7, 11) is 0. The molecule has 5 nitrogen and oxygen atoms in total. The van der Waals surface area contributed by atoms with Crippen LogP contribution >= 0.6 is 15.9 Å². The molecule has 1 N–H and O–H groups in total. The summed E-state index contributed by atoms with van der Waals surface area (Å²) in [6.45, 7) is 0. The highest BCUT2D eigenvalue weighted by Gasteiger charge is 2.11. The molecular weight excluding hydrogens is 288 g/mol. The zero-order chi connectivity index (χ0) is 12.3. The van der Waals surface area contributed by atoms with Gasteiger partial charge in [-0.25, -0.2) is 0 Å². The molecule has 1 aromatic carbocycles. The van der Waals surface area contributed by atoms with Crippen LogP contribution in [0.2, 0.25) is 0 Å². The monoisotopic (exact) mass is 296 g/mol. The van der Waals surface area contributed by atoms with Gasteiger partial charge in [-0.1, -0.05) is 33.2 Å². The molecule has 88 valence electrons. The van der Waals surface area contributed by atoms with Crippen molar-refractivity contribution in [3.8, 4) is 11.4 Å². The van der Waals surface area contributed by atoms with E-state index >= 15 is 0 Å². The Balaban J connectivity index is 2.18. The van der Waals surface area contributed by atoms with Gasteiger partial charge in [0.1, 0.15) is 0 Å². The zero-order valence-electron chi connectivity index (χ0n) is 8.76. The highest BCUT2D eigenvalue weighted by atomic mass is 79.9. The molecule has 0 amide bonds. The first-order chi connectivity index (χ1) is 8.16. The maximum absolute atomic E-state index is 10.4. The van der Waals surface area contributed by atoms with Gasteiger partial charge in [-0.3, -0.25) is 4.79 Å². The second-order valence-corrected chi connectivity index (χ2v) is 4.24. The quantitative estimate of drug-likeness (QED) is 0.938. The summed E-state index contributed by atoms with van der Waals surface area (Å²) < 4.78 is 5.85. The van der Waals surface area contributed by atoms with Crippen molar-refractivity contribution in [1.82, 2.24) is 10.1 Å². The molecule has 0 radical (unpaired) electrons. The Morgan fingerprint density at radius 3 is 2.88 bits per heavy atom. The minimum Gasteiger partial charge on any atom is -0.481 e. The molecule has 0 spiro atoms. The van der Waals surface area contributed by atoms with E-state index in [1.54, 1.807) is 0 Å². The molecule has 0 bridgehead atoms. The normalized spacial score (nSPS) is 10.4. The first-order valence-electron chi connectivity index (χ1n) is 4.96. The molecule has 0 saturated heterocycles. The van der Waals surface area contributed by atoms with Crippen LogP contribution in [0.25, 0.3) is 11.4 Å². The lowest BCUT2D eigenvalue weighted by atomic mass is 10.2. The van der Waals surface area contributed by atoms with Crippen molar-refractivity contribution in [2.45, 2.75) is 12.8 Å². The molecule has 17 heavy (non-hydrogen) atoms. The highest BCUT2D eigenvalue weighted by Crippen LogP contribution is 2.25. The lowest BCUT2D eigenvalue weighted by molar-refractivity contribution is -0.137. The van der Waals surface area contributed by atoms with E-state index in [4.69, 9.17) is 9.63 Å². The smallest absolute Gasteiger partial charge is 0.303 e. The van der Waals surface area contributed by atoms with Crippen molar-refractivity contribution >= 4 is 21.9 Å². The van der Waals surface area contributed by atoms with Crippen LogP contribution in [0.1, 0.15) is 12.3 Å². The van der Waals surface area contributed by atoms with Gasteiger partial charge in [0.15, 0.2) is 0 Å². The van der Waals surface area contributed by atoms with E-state index in [0.29, 0.717) is 11.7 Å². The number of rotatable bonds is 4. The van der Waals surface area contributed by atoms with Crippen LogP contribution in [0.4, 0.5) is 0 Å². The van der Waals surface area contributed by atoms with Crippen molar-refractivity contribution in [2.24, 2.45) is 0 Å². The van der Waals surface area contributed by atoms with Gasteiger partial charge in [0, 0.05) is 16.5 Å². The Morgan fingerprint density at radius 2 is 2.18 bits per heavy atom. The summed E-state index contributed by atoms with van der Waals surface area (Å²) >= 11 is 3.39. The largest absolute Gasteiger partial charge is 0.481 e. The number of carbonyl (C=O) groups is 1. The molecule has 0 fully saturated rings. The molecule has 2 rings (SSSR count). The maximum atomic E-state index is 10.4. The summed E-state index contributed by atoms with van der Waals surface area (Å²) in [6.07, 6.45) is 0.227. The lowest BCUT2D eigenvalue weighted by Crippen LogP contribution is -1.97. The molecule has 0 saturated carbocycles. The fourth-order valence-corrected chi connectivity index (χ4v) is 1.78. The standard InChI is InChI=1S/C11H9BrN2O3/c12-8-4-2-1-3-7(8)11-13-9(17-14-11)5-6-10(15)16/h1-4H,5-6H2,(H,15,16). The predicted molar refractivity (Wildman–Crippen MR) is 63.4 cm³/mol. The molecule has 0 aliphatic carbocycles. The van der Waals surface area contributed by atoms with Crippen molar-refractivity contribution in [3.63, 3.8) is 0 Å². The number of aryl methyl sites for hydroxylation is 1. The van der Waals surface area contributed by atoms with Gasteiger partial charge in [0.25, 0.3) is 0 Å². The molecule has 0 aliphatic heterocycles. The number of nitrogens with zero attached hydrogens (tertiary/aromatic N) is 2. The number of carboxylic acid groups (broad SMARTS) is 1. The fourth-order valence-electron chi connectivity index (χ4n) is 1.32. The maximum Gasteiger partial charge on any atom is 0.303 e. The van der Waals surface area contributed by atoms with Crippen LogP contribution in [-0.4, -0.2) is 21.2 Å². The van der Waals surface area contributed by atoms with E-state index in [-0.39, 0.29) is 12.8 Å². The van der Waals surface area contributed by atoms with Gasteiger partial charge in [0.2, 0.25) is 11.7 Å². The number of carboxylic acids is 1. The molecule has 6 heteroatoms.